The van der Waals surface area contributed by atoms with Gasteiger partial charge < -0.3 is 18.9 Å². The second-order valence-corrected chi connectivity index (χ2v) is 7.80. The van der Waals surface area contributed by atoms with Gasteiger partial charge in [-0.2, -0.15) is 0 Å². The van der Waals surface area contributed by atoms with Crippen LogP contribution >= 0.6 is 11.6 Å². The third kappa shape index (κ3) is 4.54. The van der Waals surface area contributed by atoms with Gasteiger partial charge >= 0.3 is 0 Å². The molecule has 0 aliphatic rings. The van der Waals surface area contributed by atoms with E-state index in [1.54, 1.807) is 32.3 Å². The first-order chi connectivity index (χ1) is 14.3. The minimum Gasteiger partial charge on any atom is -0.360 e. The Morgan fingerprint density at radius 2 is 1.93 bits per heavy atom. The quantitative estimate of drug-likeness (QED) is 0.511. The molecule has 8 nitrogen and oxygen atoms in total. The zero-order valence-corrected chi connectivity index (χ0v) is 18.1. The third-order valence-corrected chi connectivity index (χ3v) is 4.93. The lowest BCUT2D eigenvalue weighted by Gasteiger charge is -2.20. The Hall–Kier alpha value is -3.13. The van der Waals surface area contributed by atoms with Gasteiger partial charge in [-0.05, 0) is 17.7 Å². The molecule has 0 spiro atoms. The molecule has 0 aliphatic carbocycles. The Labute approximate surface area is 180 Å². The largest absolute Gasteiger partial charge is 0.360 e. The van der Waals surface area contributed by atoms with Crippen LogP contribution in [0.5, 0.6) is 0 Å². The molecule has 158 valence electrons. The van der Waals surface area contributed by atoms with E-state index in [0.29, 0.717) is 41.1 Å². The lowest BCUT2D eigenvalue weighted by molar-refractivity contribution is -0.107. The number of nitrogens with zero attached hydrogens (tertiary/aromatic N) is 5. The molecule has 0 N–H and O–H groups in total. The summed E-state index contributed by atoms with van der Waals surface area (Å²) in [6.45, 7) is 4.66. The number of hydrogen-bond donors (Lipinski definition) is 0. The van der Waals surface area contributed by atoms with Gasteiger partial charge in [0.2, 0.25) is 6.41 Å². The van der Waals surface area contributed by atoms with Crippen LogP contribution < -0.4 is 4.90 Å². The number of carbonyl (C=O) groups is 2. The smallest absolute Gasteiger partial charge is 0.274 e. The summed E-state index contributed by atoms with van der Waals surface area (Å²) in [5.74, 6) is 1.35. The maximum atomic E-state index is 13.5. The van der Waals surface area contributed by atoms with Crippen molar-refractivity contribution >= 4 is 29.7 Å². The fourth-order valence-electron chi connectivity index (χ4n) is 3.15. The van der Waals surface area contributed by atoms with E-state index in [1.165, 1.54) is 16.0 Å². The Bertz CT molecular complexity index is 1010. The first-order valence-electron chi connectivity index (χ1n) is 9.49. The van der Waals surface area contributed by atoms with E-state index in [4.69, 9.17) is 16.1 Å². The number of amides is 2. The van der Waals surface area contributed by atoms with E-state index in [-0.39, 0.29) is 18.4 Å². The molecule has 30 heavy (non-hydrogen) atoms. The Morgan fingerprint density at radius 3 is 2.50 bits per heavy atom. The predicted octanol–water partition coefficient (Wildman–Crippen LogP) is 3.56. The summed E-state index contributed by atoms with van der Waals surface area (Å²) in [6.07, 6.45) is 2.17. The summed E-state index contributed by atoms with van der Waals surface area (Å²) in [6, 6.07) is 9.12. The lowest BCUT2D eigenvalue weighted by atomic mass is 10.2. The first-order valence-corrected chi connectivity index (χ1v) is 9.87. The van der Waals surface area contributed by atoms with E-state index >= 15 is 0 Å². The Morgan fingerprint density at radius 1 is 1.23 bits per heavy atom. The number of hydrogen-bond acceptors (Lipinski definition) is 5. The molecule has 0 bridgehead atoms. The van der Waals surface area contributed by atoms with Crippen LogP contribution in [0.4, 0.5) is 5.82 Å². The third-order valence-electron chi connectivity index (χ3n) is 4.67. The summed E-state index contributed by atoms with van der Waals surface area (Å²) < 4.78 is 6.99. The van der Waals surface area contributed by atoms with Gasteiger partial charge in [0.25, 0.3) is 5.91 Å². The van der Waals surface area contributed by atoms with Crippen molar-refractivity contribution in [3.05, 3.63) is 64.4 Å². The van der Waals surface area contributed by atoms with Crippen LogP contribution in [-0.4, -0.2) is 46.0 Å². The molecule has 0 saturated heterocycles. The highest BCUT2D eigenvalue weighted by Gasteiger charge is 2.29. The van der Waals surface area contributed by atoms with Crippen LogP contribution in [0, 0.1) is 0 Å². The lowest BCUT2D eigenvalue weighted by Crippen LogP contribution is -2.30. The van der Waals surface area contributed by atoms with Crippen molar-refractivity contribution in [1.29, 1.82) is 0 Å². The van der Waals surface area contributed by atoms with Crippen LogP contribution in [0.25, 0.3) is 0 Å². The summed E-state index contributed by atoms with van der Waals surface area (Å²) in [7, 11) is 3.25. The van der Waals surface area contributed by atoms with Gasteiger partial charge in [0.05, 0.1) is 12.7 Å². The Balaban J connectivity index is 2.07. The molecule has 9 heteroatoms. The minimum absolute atomic E-state index is 0.0391. The van der Waals surface area contributed by atoms with Gasteiger partial charge in [-0.25, -0.2) is 4.98 Å². The van der Waals surface area contributed by atoms with Crippen LogP contribution in [0.15, 0.2) is 41.1 Å². The van der Waals surface area contributed by atoms with Crippen molar-refractivity contribution in [1.82, 2.24) is 19.6 Å². The molecule has 2 aromatic heterocycles. The molecule has 0 radical (unpaired) electrons. The number of imidazole rings is 1. The second kappa shape index (κ2) is 9.13. The van der Waals surface area contributed by atoms with Crippen LogP contribution in [0.2, 0.25) is 5.02 Å². The fraction of sp³-hybridized carbons (Fsp3) is 0.333. The van der Waals surface area contributed by atoms with E-state index in [9.17, 15) is 9.59 Å². The molecule has 0 saturated carbocycles. The molecule has 3 aromatic rings. The number of halogens is 1. The molecule has 3 rings (SSSR count). The molecule has 0 unspecified atom stereocenters. The number of benzene rings is 1. The molecule has 0 fully saturated rings. The number of rotatable bonds is 8. The van der Waals surface area contributed by atoms with E-state index in [0.717, 1.165) is 5.56 Å². The molecule has 0 atom stereocenters. The maximum absolute atomic E-state index is 13.5. The zero-order valence-electron chi connectivity index (χ0n) is 17.4. The van der Waals surface area contributed by atoms with Gasteiger partial charge in [-0.3, -0.25) is 9.59 Å². The van der Waals surface area contributed by atoms with Gasteiger partial charge in [0.1, 0.15) is 5.82 Å². The van der Waals surface area contributed by atoms with Crippen molar-refractivity contribution in [2.24, 2.45) is 0 Å². The van der Waals surface area contributed by atoms with E-state index in [2.05, 4.69) is 10.1 Å². The molecule has 0 aliphatic heterocycles. The maximum Gasteiger partial charge on any atom is 0.274 e. The van der Waals surface area contributed by atoms with Gasteiger partial charge in [-0.1, -0.05) is 42.7 Å². The average molecular weight is 430 g/mol. The van der Waals surface area contributed by atoms with Crippen molar-refractivity contribution in [3.63, 3.8) is 0 Å². The monoisotopic (exact) mass is 429 g/mol. The molecular formula is C21H24ClN5O3. The first kappa shape index (κ1) is 21.6. The summed E-state index contributed by atoms with van der Waals surface area (Å²) >= 11 is 6.01. The standard InChI is InChI=1S/C21H24ClN5O3/c1-14(2)19-24-20(26(4)13-28)18(21(29)25(3)12-17-9-10-23-30-17)27(19)11-15-5-7-16(22)8-6-15/h5-10,13-14H,11-12H2,1-4H3. The summed E-state index contributed by atoms with van der Waals surface area (Å²) in [5.41, 5.74) is 1.30. The number of carbonyl (C=O) groups excluding carboxylic acids is 2. The highest BCUT2D eigenvalue weighted by molar-refractivity contribution is 6.30. The predicted molar refractivity (Wildman–Crippen MR) is 114 cm³/mol. The van der Waals surface area contributed by atoms with Crippen molar-refractivity contribution < 1.29 is 14.1 Å². The van der Waals surface area contributed by atoms with Crippen molar-refractivity contribution in [3.8, 4) is 0 Å². The van der Waals surface area contributed by atoms with Crippen LogP contribution in [-0.2, 0) is 17.9 Å². The van der Waals surface area contributed by atoms with Gasteiger partial charge in [-0.15, -0.1) is 0 Å². The molecule has 2 amide bonds. The summed E-state index contributed by atoms with van der Waals surface area (Å²) in [4.78, 5) is 32.4. The van der Waals surface area contributed by atoms with Crippen molar-refractivity contribution in [2.45, 2.75) is 32.9 Å². The zero-order chi connectivity index (χ0) is 21.8. The number of aromatic nitrogens is 3. The van der Waals surface area contributed by atoms with Gasteiger partial charge in [0.15, 0.2) is 17.3 Å². The fourth-order valence-corrected chi connectivity index (χ4v) is 3.27. The SMILES string of the molecule is CC(C)c1nc(N(C)C=O)c(C(=O)N(C)Cc2ccno2)n1Cc1ccc(Cl)cc1. The minimum atomic E-state index is -0.275. The topological polar surface area (TPSA) is 84.5 Å². The second-order valence-electron chi connectivity index (χ2n) is 7.37. The molecule has 1 aromatic carbocycles. The van der Waals surface area contributed by atoms with Crippen LogP contribution in [0.1, 0.15) is 47.4 Å². The van der Waals surface area contributed by atoms with Crippen molar-refractivity contribution in [2.75, 3.05) is 19.0 Å². The highest BCUT2D eigenvalue weighted by atomic mass is 35.5. The van der Waals surface area contributed by atoms with Crippen LogP contribution in [0.3, 0.4) is 0 Å². The highest BCUT2D eigenvalue weighted by Crippen LogP contribution is 2.28. The molecular weight excluding hydrogens is 406 g/mol. The number of anilines is 1. The summed E-state index contributed by atoms with van der Waals surface area (Å²) in [5, 5.41) is 4.32. The normalized spacial score (nSPS) is 11.0. The van der Waals surface area contributed by atoms with Gasteiger partial charge in [0, 0.05) is 37.6 Å². The van der Waals surface area contributed by atoms with E-state index < -0.39 is 0 Å². The molecule has 2 heterocycles. The average Bonchev–Trinajstić information content (AvgIpc) is 3.36. The van der Waals surface area contributed by atoms with E-state index in [1.807, 2.05) is 30.5 Å². The Kier molecular flexibility index (Phi) is 6.56.